The minimum absolute atomic E-state index is 0.237. The standard InChI is InChI=1S/C11H9F3N2O2/c1-17-7-4-2-3-6(5-7)8-9(11(12,13)14)16-18-10(8)15/h2-5H,15H2,1H3. The van der Waals surface area contributed by atoms with E-state index in [1.165, 1.54) is 19.2 Å². The van der Waals surface area contributed by atoms with Crippen molar-refractivity contribution >= 4 is 5.88 Å². The van der Waals surface area contributed by atoms with Crippen LogP contribution in [0.3, 0.4) is 0 Å². The molecule has 2 rings (SSSR count). The number of alkyl halides is 3. The summed E-state index contributed by atoms with van der Waals surface area (Å²) in [6.07, 6.45) is -4.63. The summed E-state index contributed by atoms with van der Waals surface area (Å²) < 4.78 is 47.5. The number of halogens is 3. The molecule has 0 unspecified atom stereocenters. The normalized spacial score (nSPS) is 11.6. The van der Waals surface area contributed by atoms with Gasteiger partial charge >= 0.3 is 6.18 Å². The average molecular weight is 258 g/mol. The largest absolute Gasteiger partial charge is 0.497 e. The van der Waals surface area contributed by atoms with Gasteiger partial charge < -0.3 is 15.0 Å². The molecule has 1 aromatic heterocycles. The molecule has 96 valence electrons. The molecule has 7 heteroatoms. The van der Waals surface area contributed by atoms with Gasteiger partial charge in [0.1, 0.15) is 5.75 Å². The first kappa shape index (κ1) is 12.3. The van der Waals surface area contributed by atoms with Crippen LogP contribution in [0.1, 0.15) is 5.69 Å². The Labute approximate surface area is 100 Å². The van der Waals surface area contributed by atoms with E-state index in [0.29, 0.717) is 5.75 Å². The third kappa shape index (κ3) is 2.11. The highest BCUT2D eigenvalue weighted by molar-refractivity contribution is 5.76. The number of methoxy groups -OCH3 is 1. The average Bonchev–Trinajstić information content (AvgIpc) is 2.71. The number of benzene rings is 1. The molecule has 0 aliphatic heterocycles. The third-order valence-electron chi connectivity index (χ3n) is 2.35. The second-order valence-corrected chi connectivity index (χ2v) is 3.50. The third-order valence-corrected chi connectivity index (χ3v) is 2.35. The fraction of sp³-hybridized carbons (Fsp3) is 0.182. The number of anilines is 1. The van der Waals surface area contributed by atoms with Crippen molar-refractivity contribution in [2.45, 2.75) is 6.18 Å². The molecule has 2 N–H and O–H groups in total. The molecule has 0 radical (unpaired) electrons. The van der Waals surface area contributed by atoms with Gasteiger partial charge in [0.15, 0.2) is 5.69 Å². The van der Waals surface area contributed by atoms with Gasteiger partial charge in [0, 0.05) is 0 Å². The minimum atomic E-state index is -4.63. The SMILES string of the molecule is COc1cccc(-c2c(C(F)(F)F)noc2N)c1. The van der Waals surface area contributed by atoms with Crippen molar-refractivity contribution < 1.29 is 22.4 Å². The van der Waals surface area contributed by atoms with E-state index in [1.54, 1.807) is 12.1 Å². The number of nitrogens with two attached hydrogens (primary N) is 1. The summed E-state index contributed by atoms with van der Waals surface area (Å²) in [6, 6.07) is 6.07. The number of hydrogen-bond donors (Lipinski definition) is 1. The van der Waals surface area contributed by atoms with Crippen molar-refractivity contribution in [3.05, 3.63) is 30.0 Å². The summed E-state index contributed by atoms with van der Waals surface area (Å²) in [5.41, 5.74) is 4.21. The van der Waals surface area contributed by atoms with Gasteiger partial charge in [-0.3, -0.25) is 0 Å². The Hall–Kier alpha value is -2.18. The van der Waals surface area contributed by atoms with Gasteiger partial charge in [0.25, 0.3) is 0 Å². The Kier molecular flexibility index (Phi) is 2.90. The smallest absolute Gasteiger partial charge is 0.437 e. The van der Waals surface area contributed by atoms with E-state index in [-0.39, 0.29) is 17.0 Å². The quantitative estimate of drug-likeness (QED) is 0.899. The Morgan fingerprint density at radius 2 is 2.06 bits per heavy atom. The molecule has 0 amide bonds. The lowest BCUT2D eigenvalue weighted by Gasteiger charge is -2.07. The molecule has 0 atom stereocenters. The molecular weight excluding hydrogens is 249 g/mol. The minimum Gasteiger partial charge on any atom is -0.497 e. The fourth-order valence-corrected chi connectivity index (χ4v) is 1.55. The molecule has 18 heavy (non-hydrogen) atoms. The van der Waals surface area contributed by atoms with Gasteiger partial charge in [-0.2, -0.15) is 13.2 Å². The maximum Gasteiger partial charge on any atom is 0.437 e. The maximum atomic E-state index is 12.7. The first-order valence-corrected chi connectivity index (χ1v) is 4.90. The van der Waals surface area contributed by atoms with Crippen LogP contribution in [-0.4, -0.2) is 12.3 Å². The van der Waals surface area contributed by atoms with Crippen LogP contribution in [0, 0.1) is 0 Å². The van der Waals surface area contributed by atoms with Crippen molar-refractivity contribution in [1.82, 2.24) is 5.16 Å². The second kappa shape index (κ2) is 4.25. The first-order chi connectivity index (χ1) is 8.43. The molecule has 4 nitrogen and oxygen atoms in total. The van der Waals surface area contributed by atoms with E-state index < -0.39 is 11.9 Å². The highest BCUT2D eigenvalue weighted by Crippen LogP contribution is 2.40. The first-order valence-electron chi connectivity index (χ1n) is 4.90. The Morgan fingerprint density at radius 1 is 1.33 bits per heavy atom. The molecular formula is C11H9F3N2O2. The second-order valence-electron chi connectivity index (χ2n) is 3.50. The summed E-state index contributed by atoms with van der Waals surface area (Å²) in [6.45, 7) is 0. The van der Waals surface area contributed by atoms with Crippen LogP contribution in [0.15, 0.2) is 28.8 Å². The van der Waals surface area contributed by atoms with Gasteiger partial charge in [-0.15, -0.1) is 0 Å². The van der Waals surface area contributed by atoms with Gasteiger partial charge in [-0.05, 0) is 17.7 Å². The predicted octanol–water partition coefficient (Wildman–Crippen LogP) is 2.95. The zero-order valence-corrected chi connectivity index (χ0v) is 9.28. The predicted molar refractivity (Wildman–Crippen MR) is 57.9 cm³/mol. The van der Waals surface area contributed by atoms with Crippen molar-refractivity contribution in [3.8, 4) is 16.9 Å². The molecule has 2 aromatic rings. The topological polar surface area (TPSA) is 61.3 Å². The Bertz CT molecular complexity index is 564. The van der Waals surface area contributed by atoms with E-state index in [0.717, 1.165) is 0 Å². The van der Waals surface area contributed by atoms with Gasteiger partial charge in [0.2, 0.25) is 5.88 Å². The van der Waals surface area contributed by atoms with E-state index in [2.05, 4.69) is 9.68 Å². The number of hydrogen-bond acceptors (Lipinski definition) is 4. The van der Waals surface area contributed by atoms with Gasteiger partial charge in [-0.25, -0.2) is 0 Å². The van der Waals surface area contributed by atoms with Crippen LogP contribution in [0.4, 0.5) is 19.1 Å². The lowest BCUT2D eigenvalue weighted by Crippen LogP contribution is -2.07. The summed E-state index contributed by atoms with van der Waals surface area (Å²) in [5, 5.41) is 2.95. The summed E-state index contributed by atoms with van der Waals surface area (Å²) >= 11 is 0. The monoisotopic (exact) mass is 258 g/mol. The molecule has 0 spiro atoms. The van der Waals surface area contributed by atoms with Crippen LogP contribution in [0.2, 0.25) is 0 Å². The van der Waals surface area contributed by atoms with Crippen LogP contribution >= 0.6 is 0 Å². The molecule has 1 aromatic carbocycles. The summed E-state index contributed by atoms with van der Waals surface area (Å²) in [7, 11) is 1.42. The number of nitrogen functional groups attached to an aromatic ring is 1. The van der Waals surface area contributed by atoms with Crippen LogP contribution in [0.25, 0.3) is 11.1 Å². The van der Waals surface area contributed by atoms with Crippen LogP contribution in [-0.2, 0) is 6.18 Å². The maximum absolute atomic E-state index is 12.7. The van der Waals surface area contributed by atoms with Crippen molar-refractivity contribution in [2.75, 3.05) is 12.8 Å². The van der Waals surface area contributed by atoms with E-state index in [4.69, 9.17) is 10.5 Å². The van der Waals surface area contributed by atoms with E-state index in [9.17, 15) is 13.2 Å². The van der Waals surface area contributed by atoms with Crippen molar-refractivity contribution in [3.63, 3.8) is 0 Å². The van der Waals surface area contributed by atoms with Crippen molar-refractivity contribution in [1.29, 1.82) is 0 Å². The summed E-state index contributed by atoms with van der Waals surface area (Å²) in [5.74, 6) is 0.0387. The van der Waals surface area contributed by atoms with Gasteiger partial charge in [0.05, 0.1) is 12.7 Å². The molecule has 0 saturated heterocycles. The van der Waals surface area contributed by atoms with Crippen molar-refractivity contribution in [2.24, 2.45) is 0 Å². The number of rotatable bonds is 2. The van der Waals surface area contributed by atoms with E-state index >= 15 is 0 Å². The molecule has 0 bridgehead atoms. The lowest BCUT2D eigenvalue weighted by atomic mass is 10.1. The van der Waals surface area contributed by atoms with Gasteiger partial charge in [-0.1, -0.05) is 17.3 Å². The number of ether oxygens (including phenoxy) is 1. The van der Waals surface area contributed by atoms with Crippen LogP contribution < -0.4 is 10.5 Å². The molecule has 0 fully saturated rings. The zero-order chi connectivity index (χ0) is 13.3. The highest BCUT2D eigenvalue weighted by atomic mass is 19.4. The number of aromatic nitrogens is 1. The number of nitrogens with zero attached hydrogens (tertiary/aromatic N) is 1. The molecule has 0 aliphatic carbocycles. The molecule has 1 heterocycles. The fourth-order valence-electron chi connectivity index (χ4n) is 1.55. The zero-order valence-electron chi connectivity index (χ0n) is 9.28. The highest BCUT2D eigenvalue weighted by Gasteiger charge is 2.39. The van der Waals surface area contributed by atoms with Crippen LogP contribution in [0.5, 0.6) is 5.75 Å². The Morgan fingerprint density at radius 3 is 2.67 bits per heavy atom. The molecule has 0 saturated carbocycles. The lowest BCUT2D eigenvalue weighted by molar-refractivity contribution is -0.142. The van der Waals surface area contributed by atoms with E-state index in [1.807, 2.05) is 0 Å². The molecule has 0 aliphatic rings. The summed E-state index contributed by atoms with van der Waals surface area (Å²) in [4.78, 5) is 0. The Balaban J connectivity index is 2.59.